The summed E-state index contributed by atoms with van der Waals surface area (Å²) in [5, 5.41) is 20.9. The molecule has 0 spiro atoms. The minimum absolute atomic E-state index is 0.0557. The monoisotopic (exact) mass is 558 g/mol. The number of fused-ring (bicyclic) bond motifs is 5. The number of carboxylic acid groups (broad SMARTS) is 1. The van der Waals surface area contributed by atoms with E-state index in [1.165, 1.54) is 24.8 Å². The number of nitrogens with zero attached hydrogens (tertiary/aromatic N) is 2. The zero-order valence-corrected chi connectivity index (χ0v) is 24.0. The van der Waals surface area contributed by atoms with Crippen LogP contribution in [0.5, 0.6) is 0 Å². The van der Waals surface area contributed by atoms with Gasteiger partial charge in [0.05, 0.1) is 47.8 Å². The van der Waals surface area contributed by atoms with Gasteiger partial charge in [-0.3, -0.25) is 0 Å². The molecule has 3 aromatic rings. The zero-order chi connectivity index (χ0) is 29.1. The van der Waals surface area contributed by atoms with E-state index in [0.717, 1.165) is 40.6 Å². The quantitative estimate of drug-likeness (QED) is 0.253. The average Bonchev–Trinajstić information content (AvgIpc) is 3.18. The summed E-state index contributed by atoms with van der Waals surface area (Å²) >= 11 is 0. The fraction of sp³-hybridized carbons (Fsp3) is 0.394. The lowest BCUT2D eigenvalue weighted by molar-refractivity contribution is -0.139. The number of carboxylic acids is 1. The SMILES string of the molecule is CCOC(=O)/C(CO)=C(/COC1=Cc2ccccc2-c2c(C3CCCCC3)c3ccc(C(=O)O)cc3n2C1)N(C)C. The molecular formula is C33H38N2O6. The molecule has 1 aliphatic carbocycles. The van der Waals surface area contributed by atoms with Gasteiger partial charge in [-0.2, -0.15) is 0 Å². The molecule has 1 fully saturated rings. The van der Waals surface area contributed by atoms with E-state index in [0.29, 0.717) is 23.9 Å². The van der Waals surface area contributed by atoms with Crippen molar-refractivity contribution in [1.82, 2.24) is 9.47 Å². The largest absolute Gasteiger partial charge is 0.490 e. The molecule has 0 amide bonds. The van der Waals surface area contributed by atoms with Gasteiger partial charge in [0, 0.05) is 25.0 Å². The lowest BCUT2D eigenvalue weighted by Crippen LogP contribution is -2.24. The smallest absolute Gasteiger partial charge is 0.338 e. The minimum atomic E-state index is -0.959. The van der Waals surface area contributed by atoms with E-state index in [2.05, 4.69) is 16.7 Å². The van der Waals surface area contributed by atoms with Gasteiger partial charge in [-0.15, -0.1) is 0 Å². The number of rotatable bonds is 9. The van der Waals surface area contributed by atoms with Crippen molar-refractivity contribution < 1.29 is 29.3 Å². The van der Waals surface area contributed by atoms with Gasteiger partial charge in [-0.05, 0) is 55.0 Å². The normalized spacial score (nSPS) is 15.8. The third-order valence-electron chi connectivity index (χ3n) is 8.17. The Morgan fingerprint density at radius 3 is 2.51 bits per heavy atom. The van der Waals surface area contributed by atoms with Gasteiger partial charge in [-0.1, -0.05) is 49.6 Å². The second-order valence-corrected chi connectivity index (χ2v) is 10.9. The highest BCUT2D eigenvalue weighted by atomic mass is 16.5. The molecule has 8 nitrogen and oxygen atoms in total. The van der Waals surface area contributed by atoms with E-state index in [9.17, 15) is 19.8 Å². The van der Waals surface area contributed by atoms with Crippen molar-refractivity contribution in [2.75, 3.05) is 33.9 Å². The molecule has 1 aliphatic heterocycles. The first-order valence-electron chi connectivity index (χ1n) is 14.3. The second kappa shape index (κ2) is 12.2. The number of esters is 1. The number of aliphatic hydroxyl groups is 1. The standard InChI is InChI=1S/C33H38N2O6/c1-4-40-33(39)27(19-36)29(34(2)3)20-41-24-16-22-12-8-9-13-25(22)31-30(21-10-6-5-7-11-21)26-15-14-23(32(37)38)17-28(26)35(31)18-24/h8-9,12-17,21,36H,4-7,10-11,18-20H2,1-3H3,(H,37,38)/b29-27-. The highest BCUT2D eigenvalue weighted by Gasteiger charge is 2.30. The zero-order valence-electron chi connectivity index (χ0n) is 24.0. The van der Waals surface area contributed by atoms with Crippen molar-refractivity contribution in [1.29, 1.82) is 0 Å². The molecule has 41 heavy (non-hydrogen) atoms. The van der Waals surface area contributed by atoms with E-state index in [-0.39, 0.29) is 24.4 Å². The number of likely N-dealkylation sites (N-methyl/N-ethyl adjacent to an activating group) is 1. The van der Waals surface area contributed by atoms with Crippen LogP contribution in [0, 0.1) is 0 Å². The summed E-state index contributed by atoms with van der Waals surface area (Å²) < 4.78 is 13.8. The van der Waals surface area contributed by atoms with Crippen molar-refractivity contribution in [3.8, 4) is 11.3 Å². The fourth-order valence-electron chi connectivity index (χ4n) is 6.21. The van der Waals surface area contributed by atoms with Crippen LogP contribution >= 0.6 is 0 Å². The van der Waals surface area contributed by atoms with Crippen LogP contribution in [0.25, 0.3) is 28.2 Å². The third-order valence-corrected chi connectivity index (χ3v) is 8.17. The average molecular weight is 559 g/mol. The number of allylic oxidation sites excluding steroid dienone is 1. The van der Waals surface area contributed by atoms with E-state index in [1.807, 2.05) is 24.3 Å². The molecule has 2 heterocycles. The predicted molar refractivity (Wildman–Crippen MR) is 159 cm³/mol. The maximum absolute atomic E-state index is 12.6. The Hall–Kier alpha value is -4.04. The Labute approximate surface area is 240 Å². The number of aliphatic hydroxyl groups excluding tert-OH is 1. The highest BCUT2D eigenvalue weighted by Crippen LogP contribution is 2.46. The number of aromatic nitrogens is 1. The number of hydrogen-bond donors (Lipinski definition) is 2. The van der Waals surface area contributed by atoms with Gasteiger partial charge >= 0.3 is 11.9 Å². The van der Waals surface area contributed by atoms with E-state index >= 15 is 0 Å². The van der Waals surface area contributed by atoms with Gasteiger partial charge < -0.3 is 29.2 Å². The van der Waals surface area contributed by atoms with Gasteiger partial charge in [-0.25, -0.2) is 9.59 Å². The molecule has 5 rings (SSSR count). The van der Waals surface area contributed by atoms with Crippen LogP contribution in [0.3, 0.4) is 0 Å². The van der Waals surface area contributed by atoms with Crippen LogP contribution in [0.2, 0.25) is 0 Å². The van der Waals surface area contributed by atoms with Gasteiger partial charge in [0.1, 0.15) is 12.4 Å². The van der Waals surface area contributed by atoms with Crippen molar-refractivity contribution in [3.63, 3.8) is 0 Å². The highest BCUT2D eigenvalue weighted by molar-refractivity contribution is 5.99. The lowest BCUT2D eigenvalue weighted by atomic mass is 9.81. The molecule has 1 saturated carbocycles. The molecule has 1 aromatic heterocycles. The molecule has 0 radical (unpaired) electrons. The third kappa shape index (κ3) is 5.61. The summed E-state index contributed by atoms with van der Waals surface area (Å²) in [6.07, 6.45) is 7.86. The van der Waals surface area contributed by atoms with Crippen molar-refractivity contribution in [3.05, 3.63) is 76.2 Å². The van der Waals surface area contributed by atoms with E-state index < -0.39 is 18.5 Å². The topological polar surface area (TPSA) is 101 Å². The maximum Gasteiger partial charge on any atom is 0.338 e. The molecule has 0 saturated heterocycles. The number of aromatic carboxylic acids is 1. The van der Waals surface area contributed by atoms with Crippen LogP contribution in [0.1, 0.15) is 66.4 Å². The number of hydrogen-bond acceptors (Lipinski definition) is 6. The van der Waals surface area contributed by atoms with Gasteiger partial charge in [0.2, 0.25) is 0 Å². The predicted octanol–water partition coefficient (Wildman–Crippen LogP) is 5.80. The van der Waals surface area contributed by atoms with Gasteiger partial charge in [0.15, 0.2) is 0 Å². The van der Waals surface area contributed by atoms with Crippen molar-refractivity contribution in [2.24, 2.45) is 0 Å². The minimum Gasteiger partial charge on any atom is -0.490 e. The van der Waals surface area contributed by atoms with Crippen LogP contribution in [-0.4, -0.2) is 65.5 Å². The molecular weight excluding hydrogens is 520 g/mol. The molecule has 0 atom stereocenters. The summed E-state index contributed by atoms with van der Waals surface area (Å²) in [6.45, 7) is 1.91. The number of ether oxygens (including phenoxy) is 2. The molecule has 0 unspecified atom stereocenters. The first-order chi connectivity index (χ1) is 19.8. The Morgan fingerprint density at radius 1 is 1.07 bits per heavy atom. The second-order valence-electron chi connectivity index (χ2n) is 10.9. The van der Waals surface area contributed by atoms with Crippen LogP contribution in [0.15, 0.2) is 59.5 Å². The first-order valence-corrected chi connectivity index (χ1v) is 14.3. The number of carbonyl (C=O) groups is 2. The summed E-state index contributed by atoms with van der Waals surface area (Å²) in [4.78, 5) is 26.3. The fourth-order valence-corrected chi connectivity index (χ4v) is 6.21. The van der Waals surface area contributed by atoms with Gasteiger partial charge in [0.25, 0.3) is 0 Å². The maximum atomic E-state index is 12.6. The number of benzene rings is 2. The summed E-state index contributed by atoms with van der Waals surface area (Å²) in [5.41, 5.74) is 6.31. The summed E-state index contributed by atoms with van der Waals surface area (Å²) in [5.74, 6) is -0.461. The summed E-state index contributed by atoms with van der Waals surface area (Å²) in [6, 6.07) is 13.7. The lowest BCUT2D eigenvalue weighted by Gasteiger charge is -2.24. The Balaban J connectivity index is 1.64. The van der Waals surface area contributed by atoms with Crippen LogP contribution < -0.4 is 0 Å². The molecule has 2 aliphatic rings. The van der Waals surface area contributed by atoms with Crippen molar-refractivity contribution >= 4 is 28.9 Å². The molecule has 0 bridgehead atoms. The van der Waals surface area contributed by atoms with Crippen LogP contribution in [-0.2, 0) is 20.8 Å². The van der Waals surface area contributed by atoms with Crippen molar-refractivity contribution in [2.45, 2.75) is 51.5 Å². The molecule has 2 aromatic carbocycles. The van der Waals surface area contributed by atoms with E-state index in [4.69, 9.17) is 9.47 Å². The van der Waals surface area contributed by atoms with Crippen LogP contribution in [0.4, 0.5) is 0 Å². The molecule has 8 heteroatoms. The number of carbonyl (C=O) groups excluding carboxylic acids is 1. The Morgan fingerprint density at radius 2 is 1.83 bits per heavy atom. The molecule has 2 N–H and O–H groups in total. The van der Waals surface area contributed by atoms with E-state index in [1.54, 1.807) is 38.1 Å². The summed E-state index contributed by atoms with van der Waals surface area (Å²) in [7, 11) is 3.59. The Bertz CT molecular complexity index is 1520. The first kappa shape index (κ1) is 28.5. The Kier molecular flexibility index (Phi) is 8.49. The molecule has 216 valence electrons.